The first-order valence-electron chi connectivity index (χ1n) is 9.61. The van der Waals surface area contributed by atoms with Crippen LogP contribution in [0.5, 0.6) is 0 Å². The monoisotopic (exact) mass is 370 g/mol. The van der Waals surface area contributed by atoms with Crippen LogP contribution in [0.25, 0.3) is 27.8 Å². The Morgan fingerprint density at radius 1 is 0.517 bits per heavy atom. The fourth-order valence-corrected chi connectivity index (χ4v) is 4.10. The second kappa shape index (κ2) is 6.91. The summed E-state index contributed by atoms with van der Waals surface area (Å²) >= 11 is 0. The highest BCUT2D eigenvalue weighted by Gasteiger charge is 2.27. The summed E-state index contributed by atoms with van der Waals surface area (Å²) in [6, 6.07) is 32.4. The Morgan fingerprint density at radius 3 is 1.76 bits per heavy atom. The summed E-state index contributed by atoms with van der Waals surface area (Å²) in [5.74, 6) is 0.0497. The van der Waals surface area contributed by atoms with Crippen molar-refractivity contribution in [3.8, 4) is 22.3 Å². The highest BCUT2D eigenvalue weighted by atomic mass is 16.1. The molecule has 4 aromatic carbocycles. The van der Waals surface area contributed by atoms with Gasteiger partial charge in [0, 0.05) is 27.8 Å². The van der Waals surface area contributed by atoms with Crippen LogP contribution in [0, 0.1) is 0 Å². The molecule has 0 radical (unpaired) electrons. The van der Waals surface area contributed by atoms with Crippen molar-refractivity contribution in [3.05, 3.63) is 132 Å². The molecule has 1 heteroatoms. The van der Waals surface area contributed by atoms with Crippen molar-refractivity contribution in [1.82, 2.24) is 0 Å². The number of fused-ring (bicyclic) bond motifs is 2. The lowest BCUT2D eigenvalue weighted by Crippen LogP contribution is -2.14. The van der Waals surface area contributed by atoms with E-state index in [0.29, 0.717) is 11.1 Å². The van der Waals surface area contributed by atoms with Crippen LogP contribution >= 0.6 is 0 Å². The summed E-state index contributed by atoms with van der Waals surface area (Å²) in [6.45, 7) is 3.87. The molecule has 1 nitrogen and oxygen atoms in total. The van der Waals surface area contributed by atoms with Gasteiger partial charge in [0.05, 0.1) is 0 Å². The zero-order valence-corrected chi connectivity index (χ0v) is 15.9. The molecule has 0 atom stereocenters. The maximum absolute atomic E-state index is 13.2. The minimum Gasteiger partial charge on any atom is -0.289 e. The van der Waals surface area contributed by atoms with E-state index in [0.717, 1.165) is 39.0 Å². The summed E-state index contributed by atoms with van der Waals surface area (Å²) in [5, 5.41) is 0. The molecule has 0 unspecified atom stereocenters. The fraction of sp³-hybridized carbons (Fsp3) is 0. The molecule has 5 rings (SSSR count). The van der Waals surface area contributed by atoms with Crippen molar-refractivity contribution < 1.29 is 4.79 Å². The van der Waals surface area contributed by atoms with Crippen molar-refractivity contribution in [2.75, 3.05) is 0 Å². The minimum atomic E-state index is 0.0497. The Balaban J connectivity index is 1.71. The van der Waals surface area contributed by atoms with Crippen LogP contribution in [0.15, 0.2) is 109 Å². The zero-order valence-electron chi connectivity index (χ0n) is 15.9. The quantitative estimate of drug-likeness (QED) is 0.313. The number of ketones is 1. The second-order valence-corrected chi connectivity index (χ2v) is 7.10. The summed E-state index contributed by atoms with van der Waals surface area (Å²) in [5.41, 5.74) is 11.6. The third-order valence-corrected chi connectivity index (χ3v) is 5.47. The third-order valence-electron chi connectivity index (χ3n) is 5.47. The van der Waals surface area contributed by atoms with Crippen LogP contribution < -0.4 is 0 Å². The molecule has 0 heterocycles. The normalized spacial score (nSPS) is 12.1. The Hall–Kier alpha value is -3.93. The molecule has 4 aromatic rings. The molecule has 0 bridgehead atoms. The van der Waals surface area contributed by atoms with Crippen molar-refractivity contribution >= 4 is 11.4 Å². The van der Waals surface area contributed by atoms with E-state index < -0.39 is 0 Å². The second-order valence-electron chi connectivity index (χ2n) is 7.10. The Morgan fingerprint density at radius 2 is 1.07 bits per heavy atom. The molecule has 0 saturated heterocycles. The van der Waals surface area contributed by atoms with Crippen molar-refractivity contribution in [2.45, 2.75) is 0 Å². The van der Waals surface area contributed by atoms with E-state index in [9.17, 15) is 4.79 Å². The predicted octanol–water partition coefficient (Wildman–Crippen LogP) is 6.78. The number of carbonyl (C=O) groups excluding carboxylic acids is 1. The van der Waals surface area contributed by atoms with E-state index in [4.69, 9.17) is 0 Å². The van der Waals surface area contributed by atoms with Crippen LogP contribution in [0.3, 0.4) is 0 Å². The Bertz CT molecular complexity index is 1310. The SMILES string of the molecule is C=C=C1c2ccccc2C(=O)c2cc(-c3ccccc3-c3ccccc3)ccc21. The molecule has 0 saturated carbocycles. The van der Waals surface area contributed by atoms with Crippen LogP contribution in [0.2, 0.25) is 0 Å². The number of hydrogen-bond acceptors (Lipinski definition) is 1. The lowest BCUT2D eigenvalue weighted by molar-refractivity contribution is 0.103. The number of benzene rings is 4. The average molecular weight is 370 g/mol. The van der Waals surface area contributed by atoms with Gasteiger partial charge >= 0.3 is 0 Å². The van der Waals surface area contributed by atoms with E-state index in [1.807, 2.05) is 66.7 Å². The van der Waals surface area contributed by atoms with Crippen molar-refractivity contribution in [3.63, 3.8) is 0 Å². The van der Waals surface area contributed by atoms with Crippen molar-refractivity contribution in [2.24, 2.45) is 0 Å². The first-order valence-corrected chi connectivity index (χ1v) is 9.61. The molecule has 1 aliphatic rings. The molecule has 0 aliphatic heterocycles. The predicted molar refractivity (Wildman–Crippen MR) is 119 cm³/mol. The maximum atomic E-state index is 13.2. The first kappa shape index (κ1) is 17.2. The number of hydrogen-bond donors (Lipinski definition) is 0. The standard InChI is InChI=1S/C28H18O/c1-2-21-24-14-8-9-15-26(24)28(29)27-18-20(16-17-25(21)27)23-13-7-6-12-22(23)19-10-4-3-5-11-19/h3-18H,1H2. The molecule has 0 amide bonds. The van der Waals surface area contributed by atoms with Gasteiger partial charge in [0.1, 0.15) is 0 Å². The van der Waals surface area contributed by atoms with Gasteiger partial charge in [-0.3, -0.25) is 4.79 Å². The molecule has 29 heavy (non-hydrogen) atoms. The van der Waals surface area contributed by atoms with Crippen LogP contribution in [0.4, 0.5) is 0 Å². The molecule has 0 fully saturated rings. The molecular formula is C28H18O. The summed E-state index contributed by atoms with van der Waals surface area (Å²) in [6.07, 6.45) is 0. The molecule has 0 N–H and O–H groups in total. The Kier molecular flexibility index (Phi) is 4.09. The van der Waals surface area contributed by atoms with Gasteiger partial charge < -0.3 is 0 Å². The van der Waals surface area contributed by atoms with E-state index in [1.54, 1.807) is 0 Å². The Labute approximate surface area is 170 Å². The molecule has 136 valence electrons. The van der Waals surface area contributed by atoms with Crippen LogP contribution in [-0.2, 0) is 0 Å². The molecule has 0 spiro atoms. The fourth-order valence-electron chi connectivity index (χ4n) is 4.10. The highest BCUT2D eigenvalue weighted by molar-refractivity contribution is 6.19. The smallest absolute Gasteiger partial charge is 0.194 e. The molecule has 1 aliphatic carbocycles. The summed E-state index contributed by atoms with van der Waals surface area (Å²) in [7, 11) is 0. The van der Waals surface area contributed by atoms with Crippen molar-refractivity contribution in [1.29, 1.82) is 0 Å². The number of carbonyl (C=O) groups is 1. The van der Waals surface area contributed by atoms with Crippen LogP contribution in [-0.4, -0.2) is 5.78 Å². The van der Waals surface area contributed by atoms with Gasteiger partial charge in [0.15, 0.2) is 5.78 Å². The lowest BCUT2D eigenvalue weighted by atomic mass is 9.80. The van der Waals surface area contributed by atoms with Gasteiger partial charge in [-0.25, -0.2) is 0 Å². The van der Waals surface area contributed by atoms with Gasteiger partial charge in [-0.1, -0.05) is 97.6 Å². The van der Waals surface area contributed by atoms with Gasteiger partial charge in [-0.15, -0.1) is 5.73 Å². The van der Waals surface area contributed by atoms with E-state index in [1.165, 1.54) is 0 Å². The largest absolute Gasteiger partial charge is 0.289 e. The topological polar surface area (TPSA) is 17.1 Å². The number of rotatable bonds is 2. The lowest BCUT2D eigenvalue weighted by Gasteiger charge is -2.21. The highest BCUT2D eigenvalue weighted by Crippen LogP contribution is 2.39. The average Bonchev–Trinajstić information content (AvgIpc) is 2.80. The summed E-state index contributed by atoms with van der Waals surface area (Å²) < 4.78 is 0. The van der Waals surface area contributed by atoms with Gasteiger partial charge in [-0.2, -0.15) is 0 Å². The third kappa shape index (κ3) is 2.77. The first-order chi connectivity index (χ1) is 14.3. The maximum Gasteiger partial charge on any atom is 0.194 e. The minimum absolute atomic E-state index is 0.0497. The summed E-state index contributed by atoms with van der Waals surface area (Å²) in [4.78, 5) is 13.2. The van der Waals surface area contributed by atoms with Gasteiger partial charge in [0.2, 0.25) is 0 Å². The van der Waals surface area contributed by atoms with Gasteiger partial charge in [-0.05, 0) is 28.3 Å². The van der Waals surface area contributed by atoms with E-state index in [2.05, 4.69) is 42.6 Å². The zero-order chi connectivity index (χ0) is 19.8. The van der Waals surface area contributed by atoms with Crippen LogP contribution in [0.1, 0.15) is 27.0 Å². The molecular weight excluding hydrogens is 352 g/mol. The van der Waals surface area contributed by atoms with E-state index >= 15 is 0 Å². The van der Waals surface area contributed by atoms with Gasteiger partial charge in [0.25, 0.3) is 0 Å². The molecule has 0 aromatic heterocycles. The van der Waals surface area contributed by atoms with E-state index in [-0.39, 0.29) is 5.78 Å².